The molecule has 2 heterocycles. The van der Waals surface area contributed by atoms with Gasteiger partial charge in [-0.05, 0) is 25.0 Å². The third-order valence-electron chi connectivity index (χ3n) is 3.18. The van der Waals surface area contributed by atoms with Gasteiger partial charge in [-0.3, -0.25) is 4.79 Å². The van der Waals surface area contributed by atoms with Crippen LogP contribution in [0.1, 0.15) is 35.1 Å². The molecule has 5 heteroatoms. The van der Waals surface area contributed by atoms with Gasteiger partial charge < -0.3 is 14.0 Å². The molecule has 0 spiro atoms. The summed E-state index contributed by atoms with van der Waals surface area (Å²) in [5, 5.41) is 3.81. The van der Waals surface area contributed by atoms with Crippen LogP contribution in [0.5, 0.6) is 0 Å². The van der Waals surface area contributed by atoms with Crippen molar-refractivity contribution in [1.82, 2.24) is 14.6 Å². The molecule has 2 aromatic heterocycles. The Balaban J connectivity index is 1.75. The lowest BCUT2D eigenvalue weighted by Crippen LogP contribution is -2.28. The molecule has 18 heavy (non-hydrogen) atoms. The Bertz CT molecular complexity index is 540. The van der Waals surface area contributed by atoms with E-state index in [-0.39, 0.29) is 5.91 Å². The molecule has 1 amide bonds. The van der Waals surface area contributed by atoms with Crippen LogP contribution in [0.25, 0.3) is 0 Å². The summed E-state index contributed by atoms with van der Waals surface area (Å²) in [6, 6.07) is 6.08. The van der Waals surface area contributed by atoms with Crippen LogP contribution in [-0.2, 0) is 6.54 Å². The van der Waals surface area contributed by atoms with Crippen LogP contribution in [0.4, 0.5) is 0 Å². The van der Waals surface area contributed by atoms with E-state index in [9.17, 15) is 4.79 Å². The van der Waals surface area contributed by atoms with Gasteiger partial charge in [0, 0.05) is 25.4 Å². The first-order valence-corrected chi connectivity index (χ1v) is 6.07. The number of rotatable bonds is 4. The average molecular weight is 245 g/mol. The Morgan fingerprint density at radius 3 is 3.06 bits per heavy atom. The number of hydrogen-bond donors (Lipinski definition) is 0. The molecule has 0 aromatic carbocycles. The summed E-state index contributed by atoms with van der Waals surface area (Å²) < 4.78 is 6.84. The molecule has 0 radical (unpaired) electrons. The summed E-state index contributed by atoms with van der Waals surface area (Å²) >= 11 is 0. The normalized spacial score (nSPS) is 14.7. The Morgan fingerprint density at radius 2 is 2.39 bits per heavy atom. The van der Waals surface area contributed by atoms with Gasteiger partial charge in [-0.2, -0.15) is 0 Å². The van der Waals surface area contributed by atoms with E-state index in [1.54, 1.807) is 18.0 Å². The van der Waals surface area contributed by atoms with Crippen LogP contribution >= 0.6 is 0 Å². The lowest BCUT2D eigenvalue weighted by atomic mass is 10.3. The van der Waals surface area contributed by atoms with Gasteiger partial charge in [0.1, 0.15) is 17.7 Å². The van der Waals surface area contributed by atoms with Crippen molar-refractivity contribution in [3.05, 3.63) is 42.0 Å². The van der Waals surface area contributed by atoms with Crippen LogP contribution in [0, 0.1) is 0 Å². The molecule has 0 saturated heterocycles. The van der Waals surface area contributed by atoms with Gasteiger partial charge in [-0.1, -0.05) is 5.16 Å². The molecule has 1 saturated carbocycles. The Morgan fingerprint density at radius 1 is 1.56 bits per heavy atom. The van der Waals surface area contributed by atoms with Crippen molar-refractivity contribution in [1.29, 1.82) is 0 Å². The van der Waals surface area contributed by atoms with Gasteiger partial charge in [0.05, 0.1) is 6.54 Å². The van der Waals surface area contributed by atoms with Crippen LogP contribution in [0.2, 0.25) is 0 Å². The minimum absolute atomic E-state index is 0.0231. The maximum atomic E-state index is 12.3. The monoisotopic (exact) mass is 245 g/mol. The van der Waals surface area contributed by atoms with Crippen LogP contribution < -0.4 is 0 Å². The first kappa shape index (κ1) is 11.1. The van der Waals surface area contributed by atoms with E-state index in [0.29, 0.717) is 12.6 Å². The number of carbonyl (C=O) groups excluding carboxylic acids is 1. The summed E-state index contributed by atoms with van der Waals surface area (Å²) in [5.74, 6) is 0.0231. The fourth-order valence-electron chi connectivity index (χ4n) is 2.08. The second-order valence-corrected chi connectivity index (χ2v) is 4.68. The zero-order chi connectivity index (χ0) is 12.5. The second-order valence-electron chi connectivity index (χ2n) is 4.68. The van der Waals surface area contributed by atoms with E-state index < -0.39 is 0 Å². The topological polar surface area (TPSA) is 51.3 Å². The molecule has 0 N–H and O–H groups in total. The van der Waals surface area contributed by atoms with Gasteiger partial charge >= 0.3 is 0 Å². The molecule has 3 rings (SSSR count). The lowest BCUT2D eigenvalue weighted by Gasteiger charge is -2.17. The fraction of sp³-hybridized carbons (Fsp3) is 0.385. The fourth-order valence-corrected chi connectivity index (χ4v) is 2.08. The molecule has 0 atom stereocenters. The number of aromatic nitrogens is 2. The van der Waals surface area contributed by atoms with Crippen LogP contribution in [-0.4, -0.2) is 27.6 Å². The minimum atomic E-state index is 0.0231. The van der Waals surface area contributed by atoms with Crippen molar-refractivity contribution >= 4 is 5.91 Å². The Labute approximate surface area is 105 Å². The molecular weight excluding hydrogens is 230 g/mol. The highest BCUT2D eigenvalue weighted by atomic mass is 16.5. The molecule has 0 bridgehead atoms. The first-order valence-electron chi connectivity index (χ1n) is 6.07. The second kappa shape index (κ2) is 4.33. The van der Waals surface area contributed by atoms with E-state index in [1.807, 2.05) is 18.3 Å². The molecule has 0 unspecified atom stereocenters. The van der Waals surface area contributed by atoms with E-state index in [2.05, 4.69) is 9.72 Å². The smallest absolute Gasteiger partial charge is 0.270 e. The standard InChI is InChI=1S/C13H15N3O2/c1-15(9-10-6-8-18-14-10)13(17)12-3-2-7-16(12)11-4-5-11/h2-3,6-8,11H,4-5,9H2,1H3. The molecule has 1 fully saturated rings. The van der Waals surface area contributed by atoms with Crippen molar-refractivity contribution in [2.75, 3.05) is 7.05 Å². The molecule has 94 valence electrons. The summed E-state index contributed by atoms with van der Waals surface area (Å²) in [6.07, 6.45) is 5.83. The summed E-state index contributed by atoms with van der Waals surface area (Å²) in [7, 11) is 1.78. The number of hydrogen-bond acceptors (Lipinski definition) is 3. The first-order chi connectivity index (χ1) is 8.75. The molecule has 1 aliphatic carbocycles. The Hall–Kier alpha value is -2.04. The van der Waals surface area contributed by atoms with Gasteiger partial charge in [0.25, 0.3) is 5.91 Å². The van der Waals surface area contributed by atoms with E-state index in [0.717, 1.165) is 11.4 Å². The van der Waals surface area contributed by atoms with Crippen molar-refractivity contribution in [2.45, 2.75) is 25.4 Å². The number of nitrogens with zero attached hydrogens (tertiary/aromatic N) is 3. The highest BCUT2D eigenvalue weighted by Gasteiger charge is 2.27. The zero-order valence-electron chi connectivity index (χ0n) is 10.2. The van der Waals surface area contributed by atoms with E-state index >= 15 is 0 Å². The third kappa shape index (κ3) is 2.03. The number of amides is 1. The predicted molar refractivity (Wildman–Crippen MR) is 65.0 cm³/mol. The van der Waals surface area contributed by atoms with Crippen molar-refractivity contribution in [3.63, 3.8) is 0 Å². The minimum Gasteiger partial charge on any atom is -0.364 e. The zero-order valence-corrected chi connectivity index (χ0v) is 10.2. The SMILES string of the molecule is CN(Cc1ccon1)C(=O)c1cccn1C1CC1. The van der Waals surface area contributed by atoms with E-state index in [1.165, 1.54) is 19.1 Å². The number of carbonyl (C=O) groups is 1. The molecule has 2 aromatic rings. The summed E-state index contributed by atoms with van der Waals surface area (Å²) in [4.78, 5) is 14.0. The van der Waals surface area contributed by atoms with Crippen molar-refractivity contribution in [3.8, 4) is 0 Å². The predicted octanol–water partition coefficient (Wildman–Crippen LogP) is 2.08. The highest BCUT2D eigenvalue weighted by molar-refractivity contribution is 5.92. The highest BCUT2D eigenvalue weighted by Crippen LogP contribution is 2.36. The molecular formula is C13H15N3O2. The summed E-state index contributed by atoms with van der Waals surface area (Å²) in [5.41, 5.74) is 1.51. The van der Waals surface area contributed by atoms with E-state index in [4.69, 9.17) is 4.52 Å². The van der Waals surface area contributed by atoms with Crippen LogP contribution in [0.15, 0.2) is 35.2 Å². The quantitative estimate of drug-likeness (QED) is 0.828. The van der Waals surface area contributed by atoms with Gasteiger partial charge in [0.15, 0.2) is 0 Å². The molecule has 0 aliphatic heterocycles. The average Bonchev–Trinajstić information content (AvgIpc) is 2.90. The molecule has 1 aliphatic rings. The van der Waals surface area contributed by atoms with Gasteiger partial charge in [-0.15, -0.1) is 0 Å². The Kier molecular flexibility index (Phi) is 2.66. The lowest BCUT2D eigenvalue weighted by molar-refractivity contribution is 0.0771. The maximum Gasteiger partial charge on any atom is 0.270 e. The molecule has 5 nitrogen and oxygen atoms in total. The summed E-state index contributed by atoms with van der Waals surface area (Å²) in [6.45, 7) is 0.463. The largest absolute Gasteiger partial charge is 0.364 e. The van der Waals surface area contributed by atoms with Gasteiger partial charge in [0.2, 0.25) is 0 Å². The van der Waals surface area contributed by atoms with Crippen LogP contribution in [0.3, 0.4) is 0 Å². The van der Waals surface area contributed by atoms with Crippen molar-refractivity contribution in [2.24, 2.45) is 0 Å². The van der Waals surface area contributed by atoms with Gasteiger partial charge in [-0.25, -0.2) is 0 Å². The third-order valence-corrected chi connectivity index (χ3v) is 3.18. The maximum absolute atomic E-state index is 12.3. The van der Waals surface area contributed by atoms with Crippen molar-refractivity contribution < 1.29 is 9.32 Å².